The third kappa shape index (κ3) is 2.83. The van der Waals surface area contributed by atoms with Gasteiger partial charge in [-0.25, -0.2) is 0 Å². The predicted molar refractivity (Wildman–Crippen MR) is 77.7 cm³/mol. The summed E-state index contributed by atoms with van der Waals surface area (Å²) in [7, 11) is 0. The van der Waals surface area contributed by atoms with Crippen LogP contribution in [0.5, 0.6) is 0 Å². The summed E-state index contributed by atoms with van der Waals surface area (Å²) in [5, 5.41) is 9.05. The Morgan fingerprint density at radius 1 is 1.45 bits per heavy atom. The summed E-state index contributed by atoms with van der Waals surface area (Å²) in [5.74, 6) is 0.153. The van der Waals surface area contributed by atoms with Gasteiger partial charge in [0.05, 0.1) is 17.7 Å². The number of nitrogens with zero attached hydrogens (tertiary/aromatic N) is 2. The fourth-order valence-electron chi connectivity index (χ4n) is 2.95. The zero-order chi connectivity index (χ0) is 14.7. The molecule has 2 rings (SSSR count). The third-order valence-electron chi connectivity index (χ3n) is 3.83. The van der Waals surface area contributed by atoms with Crippen LogP contribution < -0.4 is 5.73 Å². The van der Waals surface area contributed by atoms with E-state index in [1.54, 1.807) is 6.07 Å². The van der Waals surface area contributed by atoms with Gasteiger partial charge in [0.2, 0.25) is 5.91 Å². The van der Waals surface area contributed by atoms with E-state index in [0.29, 0.717) is 12.0 Å². The number of benzene rings is 1. The zero-order valence-electron chi connectivity index (χ0n) is 12.0. The van der Waals surface area contributed by atoms with E-state index in [1.165, 1.54) is 0 Å². The molecule has 20 heavy (non-hydrogen) atoms. The quantitative estimate of drug-likeness (QED) is 0.897. The van der Waals surface area contributed by atoms with Crippen molar-refractivity contribution in [3.8, 4) is 6.07 Å². The molecule has 0 spiro atoms. The minimum Gasteiger partial charge on any atom is -0.332 e. The molecule has 1 fully saturated rings. The number of likely N-dealkylation sites (tertiary alicyclic amines) is 1. The molecule has 1 heterocycles. The molecule has 4 nitrogen and oxygen atoms in total. The maximum Gasteiger partial charge on any atom is 0.223 e. The van der Waals surface area contributed by atoms with Gasteiger partial charge in [0.15, 0.2) is 0 Å². The van der Waals surface area contributed by atoms with Gasteiger partial charge in [-0.3, -0.25) is 4.79 Å². The minimum atomic E-state index is -0.140. The highest BCUT2D eigenvalue weighted by atomic mass is 16.2. The molecule has 2 unspecified atom stereocenters. The number of nitrogens with two attached hydrogens (primary N) is 1. The van der Waals surface area contributed by atoms with E-state index in [0.717, 1.165) is 18.4 Å². The summed E-state index contributed by atoms with van der Waals surface area (Å²) in [4.78, 5) is 14.2. The van der Waals surface area contributed by atoms with E-state index < -0.39 is 0 Å². The van der Waals surface area contributed by atoms with Crippen LogP contribution in [0.25, 0.3) is 0 Å². The van der Waals surface area contributed by atoms with Crippen molar-refractivity contribution < 1.29 is 4.79 Å². The van der Waals surface area contributed by atoms with E-state index in [2.05, 4.69) is 6.07 Å². The summed E-state index contributed by atoms with van der Waals surface area (Å²) < 4.78 is 0. The van der Waals surface area contributed by atoms with E-state index in [1.807, 2.05) is 36.9 Å². The highest BCUT2D eigenvalue weighted by Crippen LogP contribution is 2.32. The second kappa shape index (κ2) is 6.06. The fourth-order valence-corrected chi connectivity index (χ4v) is 2.95. The molecule has 1 aromatic carbocycles. The first kappa shape index (κ1) is 14.5. The number of amides is 1. The summed E-state index contributed by atoms with van der Waals surface area (Å²) in [6, 6.07) is 9.45. The molecule has 106 valence electrons. The van der Waals surface area contributed by atoms with Crippen LogP contribution in [0.2, 0.25) is 0 Å². The number of carbonyl (C=O) groups excluding carboxylic acids is 1. The van der Waals surface area contributed by atoms with Crippen molar-refractivity contribution in [1.29, 1.82) is 5.26 Å². The lowest BCUT2D eigenvalue weighted by Gasteiger charge is -2.37. The first-order valence-corrected chi connectivity index (χ1v) is 7.11. The fraction of sp³-hybridized carbons (Fsp3) is 0.500. The molecule has 4 heteroatoms. The van der Waals surface area contributed by atoms with Gasteiger partial charge in [-0.1, -0.05) is 12.1 Å². The average molecular weight is 271 g/mol. The van der Waals surface area contributed by atoms with Crippen LogP contribution in [0.3, 0.4) is 0 Å². The number of nitriles is 1. The van der Waals surface area contributed by atoms with Crippen LogP contribution in [-0.2, 0) is 4.79 Å². The van der Waals surface area contributed by atoms with E-state index in [4.69, 9.17) is 11.0 Å². The topological polar surface area (TPSA) is 70.1 Å². The van der Waals surface area contributed by atoms with Crippen LogP contribution in [0.4, 0.5) is 0 Å². The zero-order valence-corrected chi connectivity index (χ0v) is 12.0. The monoisotopic (exact) mass is 271 g/mol. The molecule has 0 radical (unpaired) electrons. The molecular weight excluding hydrogens is 250 g/mol. The maximum absolute atomic E-state index is 12.3. The van der Waals surface area contributed by atoms with E-state index in [9.17, 15) is 4.79 Å². The van der Waals surface area contributed by atoms with Gasteiger partial charge in [-0.15, -0.1) is 0 Å². The number of hydrogen-bond donors (Lipinski definition) is 1. The predicted octanol–water partition coefficient (Wildman–Crippen LogP) is 2.35. The van der Waals surface area contributed by atoms with Crippen molar-refractivity contribution in [2.75, 3.05) is 0 Å². The largest absolute Gasteiger partial charge is 0.332 e. The Kier molecular flexibility index (Phi) is 4.41. The van der Waals surface area contributed by atoms with Crippen molar-refractivity contribution in [3.05, 3.63) is 35.4 Å². The van der Waals surface area contributed by atoms with Gasteiger partial charge in [0, 0.05) is 18.5 Å². The normalized spacial score (nSPS) is 23.6. The maximum atomic E-state index is 12.3. The molecule has 2 atom stereocenters. The average Bonchev–Trinajstić information content (AvgIpc) is 2.57. The molecule has 0 saturated carbocycles. The molecule has 1 aliphatic rings. The Hall–Kier alpha value is -1.86. The SMILES string of the molecule is CC(C)N1C(=O)CCCC(N)C1c1cccc(C#N)c1. The van der Waals surface area contributed by atoms with Crippen molar-refractivity contribution in [3.63, 3.8) is 0 Å². The third-order valence-corrected chi connectivity index (χ3v) is 3.83. The van der Waals surface area contributed by atoms with Gasteiger partial charge >= 0.3 is 0 Å². The lowest BCUT2D eigenvalue weighted by atomic mass is 9.94. The lowest BCUT2D eigenvalue weighted by Crippen LogP contribution is -2.45. The molecule has 1 amide bonds. The molecule has 0 bridgehead atoms. The van der Waals surface area contributed by atoms with Crippen LogP contribution in [0.15, 0.2) is 24.3 Å². The first-order chi connectivity index (χ1) is 9.54. The van der Waals surface area contributed by atoms with Crippen molar-refractivity contribution in [2.24, 2.45) is 5.73 Å². The van der Waals surface area contributed by atoms with Crippen LogP contribution in [0.1, 0.15) is 50.3 Å². The van der Waals surface area contributed by atoms with E-state index in [-0.39, 0.29) is 24.0 Å². The van der Waals surface area contributed by atoms with Crippen LogP contribution in [-0.4, -0.2) is 22.9 Å². The van der Waals surface area contributed by atoms with Crippen LogP contribution in [0, 0.1) is 11.3 Å². The molecule has 0 aliphatic carbocycles. The Bertz CT molecular complexity index is 533. The van der Waals surface area contributed by atoms with Gasteiger partial charge in [-0.2, -0.15) is 5.26 Å². The standard InChI is InChI=1S/C16H21N3O/c1-11(2)19-15(20)8-4-7-14(18)16(19)13-6-3-5-12(9-13)10-17/h3,5-6,9,11,14,16H,4,7-8,18H2,1-2H3. The smallest absolute Gasteiger partial charge is 0.223 e. The Morgan fingerprint density at radius 2 is 2.20 bits per heavy atom. The molecule has 1 aliphatic heterocycles. The van der Waals surface area contributed by atoms with Gasteiger partial charge in [-0.05, 0) is 44.4 Å². The highest BCUT2D eigenvalue weighted by Gasteiger charge is 2.34. The molecule has 1 saturated heterocycles. The second-order valence-electron chi connectivity index (χ2n) is 5.63. The number of carbonyl (C=O) groups is 1. The molecule has 1 aromatic rings. The first-order valence-electron chi connectivity index (χ1n) is 7.11. The summed E-state index contributed by atoms with van der Waals surface area (Å²) in [6.07, 6.45) is 2.22. The molecule has 2 N–H and O–H groups in total. The summed E-state index contributed by atoms with van der Waals surface area (Å²) >= 11 is 0. The lowest BCUT2D eigenvalue weighted by molar-refractivity contribution is -0.135. The van der Waals surface area contributed by atoms with Crippen LogP contribution >= 0.6 is 0 Å². The molecular formula is C16H21N3O. The van der Waals surface area contributed by atoms with Crippen molar-refractivity contribution in [1.82, 2.24) is 4.90 Å². The van der Waals surface area contributed by atoms with Gasteiger partial charge in [0.1, 0.15) is 0 Å². The van der Waals surface area contributed by atoms with Gasteiger partial charge in [0.25, 0.3) is 0 Å². The number of hydrogen-bond acceptors (Lipinski definition) is 3. The minimum absolute atomic E-state index is 0.0854. The Balaban J connectivity index is 2.46. The second-order valence-corrected chi connectivity index (χ2v) is 5.63. The summed E-state index contributed by atoms with van der Waals surface area (Å²) in [5.41, 5.74) is 7.88. The molecule has 0 aromatic heterocycles. The Morgan fingerprint density at radius 3 is 2.85 bits per heavy atom. The van der Waals surface area contributed by atoms with Gasteiger partial charge < -0.3 is 10.6 Å². The highest BCUT2D eigenvalue weighted by molar-refractivity contribution is 5.77. The number of rotatable bonds is 2. The summed E-state index contributed by atoms with van der Waals surface area (Å²) in [6.45, 7) is 4.02. The van der Waals surface area contributed by atoms with E-state index >= 15 is 0 Å². The Labute approximate surface area is 120 Å². The van der Waals surface area contributed by atoms with Crippen molar-refractivity contribution in [2.45, 2.75) is 51.2 Å². The van der Waals surface area contributed by atoms with Crippen molar-refractivity contribution >= 4 is 5.91 Å².